The standard InChI is InChI=1S/C18H22N4O3S/c1-18(2,3)15-11-16(22(21-15)14-7-5-4-6-8-14)20-17(23)19-13-9-10-26(24,25)12-13/h4-11,13H,12H2,1-3H3,(H2,19,20,23)/t13-/m1/s1. The number of hydrogen-bond acceptors (Lipinski definition) is 4. The zero-order chi connectivity index (χ0) is 18.9. The van der Waals surface area contributed by atoms with Crippen molar-refractivity contribution in [3.05, 3.63) is 53.6 Å². The maximum Gasteiger partial charge on any atom is 0.320 e. The van der Waals surface area contributed by atoms with E-state index in [0.717, 1.165) is 16.8 Å². The average molecular weight is 374 g/mol. The first kappa shape index (κ1) is 18.2. The number of hydrogen-bond donors (Lipinski definition) is 2. The van der Waals surface area contributed by atoms with Gasteiger partial charge in [-0.05, 0) is 18.2 Å². The number of para-hydroxylation sites is 1. The monoisotopic (exact) mass is 374 g/mol. The molecule has 0 saturated heterocycles. The van der Waals surface area contributed by atoms with Crippen LogP contribution in [0.25, 0.3) is 5.69 Å². The predicted molar refractivity (Wildman–Crippen MR) is 101 cm³/mol. The normalized spacial score (nSPS) is 18.7. The number of benzene rings is 1. The smallest absolute Gasteiger partial charge is 0.320 e. The molecule has 0 unspecified atom stereocenters. The number of aromatic nitrogens is 2. The molecule has 0 fully saturated rings. The van der Waals surface area contributed by atoms with Crippen LogP contribution in [0.1, 0.15) is 26.5 Å². The summed E-state index contributed by atoms with van der Waals surface area (Å²) >= 11 is 0. The summed E-state index contributed by atoms with van der Waals surface area (Å²) in [4.78, 5) is 12.3. The van der Waals surface area contributed by atoms with Gasteiger partial charge in [0.2, 0.25) is 0 Å². The third-order valence-electron chi connectivity index (χ3n) is 3.97. The molecule has 1 aromatic carbocycles. The first-order valence-electron chi connectivity index (χ1n) is 8.28. The van der Waals surface area contributed by atoms with E-state index in [1.54, 1.807) is 4.68 Å². The molecule has 8 heteroatoms. The van der Waals surface area contributed by atoms with Gasteiger partial charge in [-0.1, -0.05) is 39.0 Å². The molecule has 0 radical (unpaired) electrons. The Kier molecular flexibility index (Phi) is 4.62. The Balaban J connectivity index is 1.83. The number of nitrogens with zero attached hydrogens (tertiary/aromatic N) is 2. The fourth-order valence-electron chi connectivity index (χ4n) is 2.59. The second-order valence-corrected chi connectivity index (χ2v) is 9.21. The minimum absolute atomic E-state index is 0.119. The second-order valence-electron chi connectivity index (χ2n) is 7.28. The molecule has 0 bridgehead atoms. The van der Waals surface area contributed by atoms with Crippen LogP contribution in [0.2, 0.25) is 0 Å². The number of rotatable bonds is 3. The van der Waals surface area contributed by atoms with E-state index in [1.165, 1.54) is 6.08 Å². The van der Waals surface area contributed by atoms with Crippen molar-refractivity contribution in [2.24, 2.45) is 0 Å². The van der Waals surface area contributed by atoms with Gasteiger partial charge >= 0.3 is 6.03 Å². The van der Waals surface area contributed by atoms with Crippen molar-refractivity contribution in [1.29, 1.82) is 0 Å². The molecule has 7 nitrogen and oxygen atoms in total. The van der Waals surface area contributed by atoms with E-state index in [4.69, 9.17) is 0 Å². The average Bonchev–Trinajstić information content (AvgIpc) is 3.11. The molecular weight excluding hydrogens is 352 g/mol. The summed E-state index contributed by atoms with van der Waals surface area (Å²) in [6.07, 6.45) is 1.48. The Morgan fingerprint density at radius 1 is 1.23 bits per heavy atom. The highest BCUT2D eigenvalue weighted by Crippen LogP contribution is 2.26. The van der Waals surface area contributed by atoms with Gasteiger partial charge in [-0.3, -0.25) is 5.32 Å². The summed E-state index contributed by atoms with van der Waals surface area (Å²) in [5.74, 6) is 0.398. The van der Waals surface area contributed by atoms with E-state index >= 15 is 0 Å². The molecule has 2 N–H and O–H groups in total. The molecule has 1 aliphatic heterocycles. The molecule has 1 atom stereocenters. The zero-order valence-corrected chi connectivity index (χ0v) is 15.7. The van der Waals surface area contributed by atoms with Crippen LogP contribution in [0.4, 0.5) is 10.6 Å². The zero-order valence-electron chi connectivity index (χ0n) is 14.9. The highest BCUT2D eigenvalue weighted by atomic mass is 32.2. The summed E-state index contributed by atoms with van der Waals surface area (Å²) in [6.45, 7) is 6.13. The molecule has 3 rings (SSSR count). The lowest BCUT2D eigenvalue weighted by Gasteiger charge is -2.14. The summed E-state index contributed by atoms with van der Waals surface area (Å²) in [5, 5.41) is 11.2. The van der Waals surface area contributed by atoms with Crippen LogP contribution in [0.3, 0.4) is 0 Å². The Hall–Kier alpha value is -2.61. The number of urea groups is 1. The van der Waals surface area contributed by atoms with Crippen molar-refractivity contribution in [2.45, 2.75) is 32.2 Å². The Labute approximate surface area is 153 Å². The van der Waals surface area contributed by atoms with E-state index in [1.807, 2.05) is 57.2 Å². The van der Waals surface area contributed by atoms with Crippen molar-refractivity contribution in [3.8, 4) is 5.69 Å². The largest absolute Gasteiger partial charge is 0.331 e. The van der Waals surface area contributed by atoms with E-state index < -0.39 is 21.9 Å². The molecule has 0 saturated carbocycles. The lowest BCUT2D eigenvalue weighted by Crippen LogP contribution is -2.38. The number of sulfone groups is 1. The molecule has 2 heterocycles. The van der Waals surface area contributed by atoms with Crippen LogP contribution in [-0.4, -0.2) is 36.0 Å². The molecule has 1 aliphatic rings. The molecule has 0 spiro atoms. The third kappa shape index (κ3) is 4.13. The lowest BCUT2D eigenvalue weighted by molar-refractivity contribution is 0.251. The Morgan fingerprint density at radius 2 is 1.92 bits per heavy atom. The summed E-state index contributed by atoms with van der Waals surface area (Å²) in [5.41, 5.74) is 1.47. The second kappa shape index (κ2) is 6.60. The minimum atomic E-state index is -3.22. The molecule has 26 heavy (non-hydrogen) atoms. The quantitative estimate of drug-likeness (QED) is 0.864. The van der Waals surface area contributed by atoms with Crippen molar-refractivity contribution in [1.82, 2.24) is 15.1 Å². The van der Waals surface area contributed by atoms with Gasteiger partial charge in [0, 0.05) is 16.9 Å². The molecule has 138 valence electrons. The van der Waals surface area contributed by atoms with Crippen LogP contribution in [0.5, 0.6) is 0 Å². The fourth-order valence-corrected chi connectivity index (χ4v) is 3.82. The Morgan fingerprint density at radius 3 is 2.50 bits per heavy atom. The maximum absolute atomic E-state index is 12.3. The van der Waals surface area contributed by atoms with Crippen molar-refractivity contribution in [3.63, 3.8) is 0 Å². The molecule has 2 aromatic rings. The van der Waals surface area contributed by atoms with Crippen molar-refractivity contribution in [2.75, 3.05) is 11.1 Å². The fraction of sp³-hybridized carbons (Fsp3) is 0.333. The summed E-state index contributed by atoms with van der Waals surface area (Å²) in [6, 6.07) is 10.3. The highest BCUT2D eigenvalue weighted by Gasteiger charge is 2.25. The van der Waals surface area contributed by atoms with E-state index in [9.17, 15) is 13.2 Å². The van der Waals surface area contributed by atoms with Crippen LogP contribution in [0.15, 0.2) is 47.9 Å². The van der Waals surface area contributed by atoms with E-state index in [-0.39, 0.29) is 11.2 Å². The number of nitrogens with one attached hydrogen (secondary N) is 2. The van der Waals surface area contributed by atoms with Gasteiger partial charge in [-0.25, -0.2) is 17.9 Å². The molecule has 1 aromatic heterocycles. The van der Waals surface area contributed by atoms with E-state index in [0.29, 0.717) is 5.82 Å². The van der Waals surface area contributed by atoms with Gasteiger partial charge in [-0.2, -0.15) is 5.10 Å². The van der Waals surface area contributed by atoms with Crippen LogP contribution < -0.4 is 10.6 Å². The first-order valence-corrected chi connectivity index (χ1v) is 10.00. The summed E-state index contributed by atoms with van der Waals surface area (Å²) in [7, 11) is -3.22. The lowest BCUT2D eigenvalue weighted by atomic mass is 9.92. The SMILES string of the molecule is CC(C)(C)c1cc(NC(=O)N[C@@H]2C=CS(=O)(=O)C2)n(-c2ccccc2)n1. The van der Waals surface area contributed by atoms with Gasteiger partial charge in [0.1, 0.15) is 5.82 Å². The minimum Gasteiger partial charge on any atom is -0.331 e. The van der Waals surface area contributed by atoms with Gasteiger partial charge < -0.3 is 5.32 Å². The maximum atomic E-state index is 12.3. The number of carbonyl (C=O) groups is 1. The topological polar surface area (TPSA) is 93.1 Å². The van der Waals surface area contributed by atoms with Gasteiger partial charge in [-0.15, -0.1) is 0 Å². The number of anilines is 1. The molecule has 0 aliphatic carbocycles. The molecule has 2 amide bonds. The predicted octanol–water partition coefficient (Wildman–Crippen LogP) is 2.60. The summed E-state index contributed by atoms with van der Waals surface area (Å²) < 4.78 is 24.6. The van der Waals surface area contributed by atoms with Crippen LogP contribution in [0, 0.1) is 0 Å². The van der Waals surface area contributed by atoms with Gasteiger partial charge in [0.15, 0.2) is 9.84 Å². The van der Waals surface area contributed by atoms with Crippen LogP contribution in [-0.2, 0) is 15.3 Å². The molecular formula is C18H22N4O3S. The third-order valence-corrected chi connectivity index (χ3v) is 5.36. The van der Waals surface area contributed by atoms with Crippen molar-refractivity contribution >= 4 is 21.7 Å². The van der Waals surface area contributed by atoms with E-state index in [2.05, 4.69) is 15.7 Å². The number of carbonyl (C=O) groups excluding carboxylic acids is 1. The number of amides is 2. The highest BCUT2D eigenvalue weighted by molar-refractivity contribution is 7.94. The van der Waals surface area contributed by atoms with Crippen molar-refractivity contribution < 1.29 is 13.2 Å². The van der Waals surface area contributed by atoms with Gasteiger partial charge in [0.25, 0.3) is 0 Å². The Bertz CT molecular complexity index is 941. The van der Waals surface area contributed by atoms with Crippen LogP contribution >= 0.6 is 0 Å². The van der Waals surface area contributed by atoms with Gasteiger partial charge in [0.05, 0.1) is 23.2 Å². The first-order chi connectivity index (χ1) is 12.1.